The Morgan fingerprint density at radius 3 is 2.86 bits per heavy atom. The number of likely N-dealkylation sites (N-methyl/N-ethyl adjacent to an activating group) is 1. The molecule has 21 heavy (non-hydrogen) atoms. The Labute approximate surface area is 127 Å². The Balaban J connectivity index is 1.81. The molecule has 1 unspecified atom stereocenters. The van der Waals surface area contributed by atoms with Crippen molar-refractivity contribution in [2.24, 2.45) is 0 Å². The van der Waals surface area contributed by atoms with Gasteiger partial charge in [0.25, 0.3) is 0 Å². The second kappa shape index (κ2) is 7.43. The molecule has 1 amide bonds. The lowest BCUT2D eigenvalue weighted by molar-refractivity contribution is -0.117. The van der Waals surface area contributed by atoms with Crippen LogP contribution in [0, 0.1) is 0 Å². The molecule has 0 bridgehead atoms. The highest BCUT2D eigenvalue weighted by Crippen LogP contribution is 2.16. The minimum absolute atomic E-state index is 0.0285. The van der Waals surface area contributed by atoms with Gasteiger partial charge < -0.3 is 11.1 Å². The van der Waals surface area contributed by atoms with Crippen LogP contribution in [0.3, 0.4) is 0 Å². The molecule has 116 valence electrons. The number of likely N-dealkylation sites (tertiary alicyclic amines) is 1. The zero-order valence-electron chi connectivity index (χ0n) is 13.0. The molecule has 1 saturated heterocycles. The molecule has 1 aliphatic heterocycles. The summed E-state index contributed by atoms with van der Waals surface area (Å²) in [7, 11) is 0. The topological polar surface area (TPSA) is 61.6 Å². The maximum absolute atomic E-state index is 12.1. The number of nitrogen functional groups attached to an aromatic ring is 1. The van der Waals surface area contributed by atoms with Crippen molar-refractivity contribution < 1.29 is 4.79 Å². The lowest BCUT2D eigenvalue weighted by atomic mass is 10.2. The van der Waals surface area contributed by atoms with Gasteiger partial charge in [0.05, 0.1) is 6.54 Å². The van der Waals surface area contributed by atoms with Crippen LogP contribution < -0.4 is 11.1 Å². The van der Waals surface area contributed by atoms with Gasteiger partial charge in [-0.25, -0.2) is 0 Å². The first kappa shape index (κ1) is 15.8. The van der Waals surface area contributed by atoms with Crippen LogP contribution >= 0.6 is 0 Å². The number of nitrogens with one attached hydrogen (secondary N) is 1. The van der Waals surface area contributed by atoms with Crippen LogP contribution in [-0.4, -0.2) is 54.5 Å². The van der Waals surface area contributed by atoms with Gasteiger partial charge in [-0.2, -0.15) is 0 Å². The van der Waals surface area contributed by atoms with Gasteiger partial charge >= 0.3 is 0 Å². The fourth-order valence-electron chi connectivity index (χ4n) is 3.01. The quantitative estimate of drug-likeness (QED) is 0.782. The van der Waals surface area contributed by atoms with Crippen molar-refractivity contribution in [3.8, 4) is 0 Å². The van der Waals surface area contributed by atoms with Gasteiger partial charge in [0.15, 0.2) is 0 Å². The van der Waals surface area contributed by atoms with Crippen LogP contribution in [-0.2, 0) is 4.79 Å². The number of carbonyl (C=O) groups excluding carboxylic acids is 1. The van der Waals surface area contributed by atoms with Crippen molar-refractivity contribution in [1.82, 2.24) is 9.80 Å². The number of hydrogen-bond donors (Lipinski definition) is 2. The summed E-state index contributed by atoms with van der Waals surface area (Å²) in [5.74, 6) is 0.0285. The number of amides is 1. The largest absolute Gasteiger partial charge is 0.399 e. The summed E-state index contributed by atoms with van der Waals surface area (Å²) >= 11 is 0. The van der Waals surface area contributed by atoms with E-state index in [-0.39, 0.29) is 5.91 Å². The zero-order valence-corrected chi connectivity index (χ0v) is 13.0. The third kappa shape index (κ3) is 4.44. The summed E-state index contributed by atoms with van der Waals surface area (Å²) in [6.45, 7) is 8.95. The molecule has 5 heteroatoms. The normalized spacial score (nSPS) is 19.1. The summed E-state index contributed by atoms with van der Waals surface area (Å²) in [4.78, 5) is 16.8. The van der Waals surface area contributed by atoms with Gasteiger partial charge in [-0.3, -0.25) is 14.6 Å². The predicted molar refractivity (Wildman–Crippen MR) is 87.3 cm³/mol. The van der Waals surface area contributed by atoms with Crippen LogP contribution in [0.1, 0.15) is 20.3 Å². The van der Waals surface area contributed by atoms with E-state index >= 15 is 0 Å². The Morgan fingerprint density at radius 2 is 2.19 bits per heavy atom. The van der Waals surface area contributed by atoms with Crippen LogP contribution in [0.4, 0.5) is 11.4 Å². The van der Waals surface area contributed by atoms with Gasteiger partial charge in [-0.05, 0) is 37.7 Å². The Kier molecular flexibility index (Phi) is 5.59. The second-order valence-electron chi connectivity index (χ2n) is 5.57. The molecule has 0 spiro atoms. The third-order valence-electron chi connectivity index (χ3n) is 4.11. The molecule has 1 atom stereocenters. The minimum atomic E-state index is 0.0285. The van der Waals surface area contributed by atoms with E-state index in [1.807, 2.05) is 18.2 Å². The lowest BCUT2D eigenvalue weighted by Crippen LogP contribution is -2.39. The fraction of sp³-hybridized carbons (Fsp3) is 0.562. The number of nitrogens with two attached hydrogens (primary N) is 1. The molecule has 3 N–H and O–H groups in total. The summed E-state index contributed by atoms with van der Waals surface area (Å²) in [5.41, 5.74) is 7.14. The highest BCUT2D eigenvalue weighted by Gasteiger charge is 2.27. The summed E-state index contributed by atoms with van der Waals surface area (Å²) < 4.78 is 0. The van der Waals surface area contributed by atoms with Crippen molar-refractivity contribution in [3.05, 3.63) is 24.3 Å². The molecule has 0 aliphatic carbocycles. The Hall–Kier alpha value is -1.59. The molecule has 1 aromatic rings. The predicted octanol–water partition coefficient (Wildman–Crippen LogP) is 1.62. The van der Waals surface area contributed by atoms with Crippen molar-refractivity contribution in [2.45, 2.75) is 26.3 Å². The van der Waals surface area contributed by atoms with Gasteiger partial charge in [0.1, 0.15) is 0 Å². The highest BCUT2D eigenvalue weighted by molar-refractivity contribution is 5.92. The van der Waals surface area contributed by atoms with Gasteiger partial charge in [0, 0.05) is 30.5 Å². The van der Waals surface area contributed by atoms with Crippen LogP contribution in [0.2, 0.25) is 0 Å². The van der Waals surface area contributed by atoms with Gasteiger partial charge in [0.2, 0.25) is 5.91 Å². The fourth-order valence-corrected chi connectivity index (χ4v) is 3.01. The van der Waals surface area contributed by atoms with Crippen molar-refractivity contribution in [3.63, 3.8) is 0 Å². The van der Waals surface area contributed by atoms with E-state index in [1.54, 1.807) is 6.07 Å². The van der Waals surface area contributed by atoms with E-state index in [1.165, 1.54) is 0 Å². The number of nitrogens with zero attached hydrogens (tertiary/aromatic N) is 2. The first-order valence-electron chi connectivity index (χ1n) is 7.74. The average Bonchev–Trinajstić information content (AvgIpc) is 2.88. The summed E-state index contributed by atoms with van der Waals surface area (Å²) in [6, 6.07) is 7.87. The van der Waals surface area contributed by atoms with E-state index < -0.39 is 0 Å². The average molecular weight is 290 g/mol. The molecule has 2 rings (SSSR count). The first-order valence-corrected chi connectivity index (χ1v) is 7.74. The number of hydrogen-bond acceptors (Lipinski definition) is 4. The minimum Gasteiger partial charge on any atom is -0.399 e. The van der Waals surface area contributed by atoms with Crippen LogP contribution in [0.15, 0.2) is 24.3 Å². The maximum Gasteiger partial charge on any atom is 0.238 e. The number of anilines is 2. The lowest BCUT2D eigenvalue weighted by Gasteiger charge is -2.26. The van der Waals surface area contributed by atoms with E-state index in [2.05, 4.69) is 29.0 Å². The summed E-state index contributed by atoms with van der Waals surface area (Å²) in [6.07, 6.45) is 1.15. The first-order chi connectivity index (χ1) is 10.1. The number of carbonyl (C=O) groups is 1. The molecular weight excluding hydrogens is 264 g/mol. The Bertz CT molecular complexity index is 473. The number of rotatable bonds is 6. The van der Waals surface area contributed by atoms with Crippen molar-refractivity contribution in [1.29, 1.82) is 0 Å². The van der Waals surface area contributed by atoms with E-state index in [9.17, 15) is 4.79 Å². The van der Waals surface area contributed by atoms with Gasteiger partial charge in [-0.1, -0.05) is 19.9 Å². The van der Waals surface area contributed by atoms with E-state index in [0.717, 1.165) is 38.3 Å². The molecule has 0 radical (unpaired) electrons. The highest BCUT2D eigenvalue weighted by atomic mass is 16.2. The molecular formula is C16H26N4O. The molecule has 0 aromatic heterocycles. The smallest absolute Gasteiger partial charge is 0.238 e. The maximum atomic E-state index is 12.1. The van der Waals surface area contributed by atoms with E-state index in [4.69, 9.17) is 5.73 Å². The molecule has 1 aliphatic rings. The molecule has 1 heterocycles. The van der Waals surface area contributed by atoms with Crippen molar-refractivity contribution >= 4 is 17.3 Å². The SMILES string of the molecule is CCN(CC)C1CCN(CC(=O)Nc2cccc(N)c2)C1. The van der Waals surface area contributed by atoms with Crippen LogP contribution in [0.25, 0.3) is 0 Å². The monoisotopic (exact) mass is 290 g/mol. The third-order valence-corrected chi connectivity index (χ3v) is 4.11. The number of benzene rings is 1. The molecule has 5 nitrogen and oxygen atoms in total. The van der Waals surface area contributed by atoms with E-state index in [0.29, 0.717) is 18.3 Å². The molecule has 1 fully saturated rings. The standard InChI is InChI=1S/C16H26N4O/c1-3-20(4-2)15-8-9-19(11-15)12-16(21)18-14-7-5-6-13(17)10-14/h5-7,10,15H,3-4,8-9,11-12,17H2,1-2H3,(H,18,21). The van der Waals surface area contributed by atoms with Gasteiger partial charge in [-0.15, -0.1) is 0 Å². The Morgan fingerprint density at radius 1 is 1.43 bits per heavy atom. The second-order valence-corrected chi connectivity index (χ2v) is 5.57. The van der Waals surface area contributed by atoms with Crippen molar-refractivity contribution in [2.75, 3.05) is 43.8 Å². The van der Waals surface area contributed by atoms with Crippen LogP contribution in [0.5, 0.6) is 0 Å². The molecule has 1 aromatic carbocycles. The summed E-state index contributed by atoms with van der Waals surface area (Å²) in [5, 5.41) is 2.91. The zero-order chi connectivity index (χ0) is 15.2. The molecule has 0 saturated carbocycles.